The van der Waals surface area contributed by atoms with Crippen molar-refractivity contribution in [2.75, 3.05) is 20.2 Å². The molecule has 16 heavy (non-hydrogen) atoms. The van der Waals surface area contributed by atoms with Crippen molar-refractivity contribution in [3.8, 4) is 0 Å². The maximum atomic E-state index is 5.49. The molecule has 0 aromatic carbocycles. The summed E-state index contributed by atoms with van der Waals surface area (Å²) in [6.07, 6.45) is 5.59. The summed E-state index contributed by atoms with van der Waals surface area (Å²) in [6, 6.07) is 0.552. The molecular formula is C13H26N2O. The van der Waals surface area contributed by atoms with Crippen LogP contribution in [-0.2, 0) is 4.74 Å². The van der Waals surface area contributed by atoms with Gasteiger partial charge < -0.3 is 9.64 Å². The number of hydrogen-bond donors (Lipinski definition) is 0. The van der Waals surface area contributed by atoms with Gasteiger partial charge in [0.05, 0.1) is 0 Å². The van der Waals surface area contributed by atoms with Gasteiger partial charge in [0, 0.05) is 6.04 Å². The van der Waals surface area contributed by atoms with E-state index in [2.05, 4.69) is 37.5 Å². The molecule has 0 aliphatic carbocycles. The lowest BCUT2D eigenvalue weighted by molar-refractivity contribution is 0.138. The van der Waals surface area contributed by atoms with Gasteiger partial charge in [-0.2, -0.15) is 0 Å². The normalized spacial score (nSPS) is 21.2. The van der Waals surface area contributed by atoms with Crippen molar-refractivity contribution < 1.29 is 4.74 Å². The van der Waals surface area contributed by atoms with Crippen molar-refractivity contribution in [2.45, 2.75) is 46.1 Å². The van der Waals surface area contributed by atoms with E-state index in [4.69, 9.17) is 4.74 Å². The van der Waals surface area contributed by atoms with Gasteiger partial charge >= 0.3 is 0 Å². The predicted molar refractivity (Wildman–Crippen MR) is 70.9 cm³/mol. The summed E-state index contributed by atoms with van der Waals surface area (Å²) in [6.45, 7) is 11.5. The third kappa shape index (κ3) is 5.91. The fourth-order valence-electron chi connectivity index (χ4n) is 1.59. The van der Waals surface area contributed by atoms with E-state index in [1.54, 1.807) is 0 Å². The van der Waals surface area contributed by atoms with E-state index in [9.17, 15) is 0 Å². The molecule has 3 heteroatoms. The first-order valence-corrected chi connectivity index (χ1v) is 6.15. The number of ether oxygens (including phenoxy) is 1. The second-order valence-electron chi connectivity index (χ2n) is 4.08. The topological polar surface area (TPSA) is 24.8 Å². The van der Waals surface area contributed by atoms with Gasteiger partial charge in [-0.3, -0.25) is 0 Å². The smallest absolute Gasteiger partial charge is 0.208 e. The van der Waals surface area contributed by atoms with Crippen molar-refractivity contribution in [2.24, 2.45) is 4.99 Å². The monoisotopic (exact) mass is 226 g/mol. The second kappa shape index (κ2) is 9.40. The van der Waals surface area contributed by atoms with Crippen molar-refractivity contribution in [1.29, 1.82) is 0 Å². The Balaban J connectivity index is 0.000000673. The maximum absolute atomic E-state index is 5.49. The zero-order valence-corrected chi connectivity index (χ0v) is 11.2. The molecule has 94 valence electrons. The van der Waals surface area contributed by atoms with Crippen LogP contribution < -0.4 is 0 Å². The van der Waals surface area contributed by atoms with Crippen molar-refractivity contribution in [3.63, 3.8) is 0 Å². The first kappa shape index (κ1) is 15.2. The van der Waals surface area contributed by atoms with Crippen molar-refractivity contribution >= 4 is 6.72 Å². The minimum atomic E-state index is 0.552. The minimum absolute atomic E-state index is 0.552. The molecule has 0 saturated carbocycles. The molecule has 1 heterocycles. The third-order valence-electron chi connectivity index (χ3n) is 2.50. The van der Waals surface area contributed by atoms with Gasteiger partial charge in [-0.25, -0.2) is 4.99 Å². The van der Waals surface area contributed by atoms with Gasteiger partial charge in [0.1, 0.15) is 6.61 Å². The molecule has 1 aliphatic rings. The van der Waals surface area contributed by atoms with Crippen LogP contribution in [0.3, 0.4) is 0 Å². The van der Waals surface area contributed by atoms with E-state index in [1.165, 1.54) is 25.8 Å². The number of aliphatic imine (C=N–C) groups is 1. The zero-order valence-electron chi connectivity index (χ0n) is 11.2. The van der Waals surface area contributed by atoms with Crippen LogP contribution in [-0.4, -0.2) is 37.9 Å². The molecular weight excluding hydrogens is 200 g/mol. The molecule has 1 fully saturated rings. The molecule has 0 bridgehead atoms. The van der Waals surface area contributed by atoms with Gasteiger partial charge in [0.25, 0.3) is 0 Å². The number of allylic oxidation sites excluding steroid dienone is 1. The Morgan fingerprint density at radius 1 is 1.56 bits per heavy atom. The number of hydrogen-bond acceptors (Lipinski definition) is 3. The van der Waals surface area contributed by atoms with E-state index < -0.39 is 0 Å². The molecule has 3 nitrogen and oxygen atoms in total. The largest absolute Gasteiger partial charge is 0.476 e. The Bertz CT molecular complexity index is 214. The molecule has 0 radical (unpaired) electrons. The summed E-state index contributed by atoms with van der Waals surface area (Å²) >= 11 is 0. The molecule has 0 aromatic rings. The number of rotatable bonds is 4. The van der Waals surface area contributed by atoms with Crippen molar-refractivity contribution in [3.05, 3.63) is 12.0 Å². The molecule has 1 aliphatic heterocycles. The van der Waals surface area contributed by atoms with E-state index in [0.29, 0.717) is 11.9 Å². The van der Waals surface area contributed by atoms with Crippen LogP contribution in [0.15, 0.2) is 17.0 Å². The fraction of sp³-hybridized carbons (Fsp3) is 0.769. The Kier molecular flexibility index (Phi) is 8.91. The second-order valence-corrected chi connectivity index (χ2v) is 4.08. The van der Waals surface area contributed by atoms with Gasteiger partial charge in [0.2, 0.25) is 5.88 Å². The van der Waals surface area contributed by atoms with Gasteiger partial charge in [-0.05, 0) is 46.2 Å². The van der Waals surface area contributed by atoms with Crippen LogP contribution in [0.5, 0.6) is 0 Å². The molecule has 1 unspecified atom stereocenters. The Hall–Kier alpha value is -0.830. The summed E-state index contributed by atoms with van der Waals surface area (Å²) in [5.41, 5.74) is 0. The molecule has 1 atom stereocenters. The zero-order chi connectivity index (χ0) is 12.4. The average molecular weight is 226 g/mol. The van der Waals surface area contributed by atoms with Crippen LogP contribution in [0.4, 0.5) is 0 Å². The van der Waals surface area contributed by atoms with E-state index in [0.717, 1.165) is 6.61 Å². The number of likely N-dealkylation sites (N-methyl/N-ethyl adjacent to an activating group) is 1. The van der Waals surface area contributed by atoms with Gasteiger partial charge in [-0.1, -0.05) is 20.3 Å². The summed E-state index contributed by atoms with van der Waals surface area (Å²) in [7, 11) is 2.14. The summed E-state index contributed by atoms with van der Waals surface area (Å²) in [5.74, 6) is 0.639. The van der Waals surface area contributed by atoms with Crippen LogP contribution in [0.25, 0.3) is 0 Å². The lowest BCUT2D eigenvalue weighted by Crippen LogP contribution is -2.29. The molecule has 0 N–H and O–H groups in total. The van der Waals surface area contributed by atoms with Gasteiger partial charge in [0.15, 0.2) is 0 Å². The molecule has 0 amide bonds. The lowest BCUT2D eigenvalue weighted by atomic mass is 10.2. The van der Waals surface area contributed by atoms with Gasteiger partial charge in [-0.15, -0.1) is 0 Å². The minimum Gasteiger partial charge on any atom is -0.476 e. The maximum Gasteiger partial charge on any atom is 0.208 e. The van der Waals surface area contributed by atoms with E-state index in [-0.39, 0.29) is 0 Å². The Morgan fingerprint density at radius 2 is 2.19 bits per heavy atom. The highest BCUT2D eigenvalue weighted by Crippen LogP contribution is 2.15. The Morgan fingerprint density at radius 3 is 2.56 bits per heavy atom. The van der Waals surface area contributed by atoms with Crippen LogP contribution >= 0.6 is 0 Å². The first-order chi connectivity index (χ1) is 7.69. The Labute approximate surface area is 100 Å². The molecule has 1 saturated heterocycles. The highest BCUT2D eigenvalue weighted by Gasteiger charge is 2.21. The van der Waals surface area contributed by atoms with Crippen LogP contribution in [0.1, 0.15) is 40.0 Å². The predicted octanol–water partition coefficient (Wildman–Crippen LogP) is 3.08. The number of likely N-dealkylation sites (tertiary alicyclic amines) is 1. The van der Waals surface area contributed by atoms with E-state index in [1.807, 2.05) is 13.0 Å². The molecule has 1 rings (SSSR count). The summed E-state index contributed by atoms with van der Waals surface area (Å²) in [5, 5.41) is 0. The van der Waals surface area contributed by atoms with Crippen LogP contribution in [0.2, 0.25) is 0 Å². The highest BCUT2D eigenvalue weighted by atomic mass is 16.5. The summed E-state index contributed by atoms with van der Waals surface area (Å²) < 4.78 is 5.49. The van der Waals surface area contributed by atoms with Crippen molar-refractivity contribution in [1.82, 2.24) is 4.90 Å². The highest BCUT2D eigenvalue weighted by molar-refractivity contribution is 5.27. The van der Waals surface area contributed by atoms with Crippen LogP contribution in [0, 0.1) is 0 Å². The number of nitrogens with zero attached hydrogens (tertiary/aromatic N) is 2. The first-order valence-electron chi connectivity index (χ1n) is 6.15. The molecule has 0 aromatic heterocycles. The molecule has 0 spiro atoms. The SMILES string of the molecule is C=N/C(=C\C)OCC1CCCN1C.CCC. The third-order valence-corrected chi connectivity index (χ3v) is 2.50. The fourth-order valence-corrected chi connectivity index (χ4v) is 1.59. The lowest BCUT2D eigenvalue weighted by Gasteiger charge is -2.19. The summed E-state index contributed by atoms with van der Waals surface area (Å²) in [4.78, 5) is 6.09. The average Bonchev–Trinajstić information content (AvgIpc) is 2.67. The standard InChI is InChI=1S/C10H18N2O.C3H8/c1-4-10(11-2)13-8-9-6-5-7-12(9)3;1-3-2/h4,9H,2,5-8H2,1,3H3;3H2,1-2H3/b10-4+;. The quantitative estimate of drug-likeness (QED) is 0.543. The van der Waals surface area contributed by atoms with E-state index >= 15 is 0 Å².